The lowest BCUT2D eigenvalue weighted by Gasteiger charge is -2.32. The summed E-state index contributed by atoms with van der Waals surface area (Å²) in [5.74, 6) is 0.292. The maximum atomic E-state index is 14.7. The fraction of sp³-hybridized carbons (Fsp3) is 0.435. The van der Waals surface area contributed by atoms with E-state index in [0.717, 1.165) is 40.4 Å². The molecule has 0 spiro atoms. The molecule has 1 N–H and O–H groups in total. The fourth-order valence-corrected chi connectivity index (χ4v) is 4.61. The maximum absolute atomic E-state index is 14.7. The lowest BCUT2D eigenvalue weighted by Crippen LogP contribution is -2.41. The van der Waals surface area contributed by atoms with Crippen molar-refractivity contribution in [3.05, 3.63) is 46.0 Å². The number of halogens is 2. The number of hydrogen-bond acceptors (Lipinski definition) is 4. The van der Waals surface area contributed by atoms with Gasteiger partial charge in [0.15, 0.2) is 0 Å². The highest BCUT2D eigenvalue weighted by molar-refractivity contribution is 14.1. The normalized spacial score (nSPS) is 19.4. The molecule has 1 aliphatic carbocycles. The van der Waals surface area contributed by atoms with E-state index in [1.54, 1.807) is 18.3 Å². The summed E-state index contributed by atoms with van der Waals surface area (Å²) in [5, 5.41) is 3.01. The molecular formula is C23H26FIN4O2. The highest BCUT2D eigenvalue weighted by atomic mass is 127. The number of carbonyl (C=O) groups excluding carboxylic acids is 1. The second-order valence-electron chi connectivity index (χ2n) is 8.94. The summed E-state index contributed by atoms with van der Waals surface area (Å²) in [5.41, 5.74) is 1.60. The van der Waals surface area contributed by atoms with Crippen LogP contribution >= 0.6 is 22.6 Å². The quantitative estimate of drug-likeness (QED) is 0.337. The van der Waals surface area contributed by atoms with Gasteiger partial charge in [0.05, 0.1) is 17.3 Å². The van der Waals surface area contributed by atoms with Gasteiger partial charge < -0.3 is 14.6 Å². The number of ether oxygens (including phenoxy) is 1. The van der Waals surface area contributed by atoms with Gasteiger partial charge in [-0.3, -0.25) is 0 Å². The molecule has 2 heterocycles. The van der Waals surface area contributed by atoms with Crippen LogP contribution in [0.1, 0.15) is 52.5 Å². The number of hydrogen-bond donors (Lipinski definition) is 1. The number of nitrogens with zero attached hydrogens (tertiary/aromatic N) is 3. The minimum atomic E-state index is -0.541. The molecule has 0 bridgehead atoms. The minimum absolute atomic E-state index is 0.0135. The van der Waals surface area contributed by atoms with E-state index in [2.05, 4.69) is 37.5 Å². The van der Waals surface area contributed by atoms with Crippen LogP contribution in [0.4, 0.5) is 9.18 Å². The lowest BCUT2D eigenvalue weighted by atomic mass is 9.90. The van der Waals surface area contributed by atoms with Crippen LogP contribution in [-0.2, 0) is 4.74 Å². The average molecular weight is 536 g/mol. The van der Waals surface area contributed by atoms with Gasteiger partial charge in [0, 0.05) is 12.1 Å². The summed E-state index contributed by atoms with van der Waals surface area (Å²) in [7, 11) is 0. The molecule has 0 aliphatic heterocycles. The molecule has 1 aromatic carbocycles. The zero-order valence-electron chi connectivity index (χ0n) is 17.9. The van der Waals surface area contributed by atoms with Crippen molar-refractivity contribution in [2.24, 2.45) is 0 Å². The Morgan fingerprint density at radius 3 is 2.81 bits per heavy atom. The van der Waals surface area contributed by atoms with Crippen molar-refractivity contribution in [1.82, 2.24) is 19.9 Å². The van der Waals surface area contributed by atoms with E-state index >= 15 is 0 Å². The molecule has 164 valence electrons. The molecule has 0 unspecified atom stereocenters. The summed E-state index contributed by atoms with van der Waals surface area (Å²) in [6.45, 7) is 5.55. The largest absolute Gasteiger partial charge is 0.444 e. The lowest BCUT2D eigenvalue weighted by molar-refractivity contribution is 0.0486. The summed E-state index contributed by atoms with van der Waals surface area (Å²) in [6, 6.07) is 8.75. The van der Waals surface area contributed by atoms with Gasteiger partial charge in [0.25, 0.3) is 0 Å². The number of rotatable bonds is 3. The SMILES string of the molecule is CC(C)(C)OC(=O)N[C@H]1CCC[C@@H](n2c(-c3ccccc3F)nc3cnc(I)cc32)C1. The smallest absolute Gasteiger partial charge is 0.407 e. The molecule has 1 amide bonds. The Morgan fingerprint density at radius 1 is 1.29 bits per heavy atom. The fourth-order valence-electron chi connectivity index (χ4n) is 4.18. The van der Waals surface area contributed by atoms with E-state index in [9.17, 15) is 9.18 Å². The molecule has 1 fully saturated rings. The van der Waals surface area contributed by atoms with E-state index in [4.69, 9.17) is 9.72 Å². The van der Waals surface area contributed by atoms with Crippen LogP contribution in [0, 0.1) is 9.52 Å². The minimum Gasteiger partial charge on any atom is -0.444 e. The van der Waals surface area contributed by atoms with E-state index in [0.29, 0.717) is 11.4 Å². The highest BCUT2D eigenvalue weighted by Crippen LogP contribution is 2.37. The third kappa shape index (κ3) is 4.99. The van der Waals surface area contributed by atoms with Crippen molar-refractivity contribution >= 4 is 39.7 Å². The molecule has 2 aromatic heterocycles. The zero-order chi connectivity index (χ0) is 22.2. The average Bonchev–Trinajstić information content (AvgIpc) is 3.05. The Kier molecular flexibility index (Phi) is 6.18. The van der Waals surface area contributed by atoms with Crippen molar-refractivity contribution in [3.8, 4) is 11.4 Å². The zero-order valence-corrected chi connectivity index (χ0v) is 20.0. The van der Waals surface area contributed by atoms with Crippen molar-refractivity contribution in [1.29, 1.82) is 0 Å². The van der Waals surface area contributed by atoms with Crippen LogP contribution in [0.3, 0.4) is 0 Å². The first-order valence-corrected chi connectivity index (χ1v) is 11.6. The Balaban J connectivity index is 1.69. The van der Waals surface area contributed by atoms with Crippen LogP contribution in [-0.4, -0.2) is 32.3 Å². The Labute approximate surface area is 194 Å². The molecule has 4 rings (SSSR count). The van der Waals surface area contributed by atoms with E-state index in [-0.39, 0.29) is 17.9 Å². The summed E-state index contributed by atoms with van der Waals surface area (Å²) in [6.07, 6.45) is 4.82. The summed E-state index contributed by atoms with van der Waals surface area (Å²) in [4.78, 5) is 21.4. The number of carbonyl (C=O) groups is 1. The number of imidazole rings is 1. The number of aromatic nitrogens is 3. The standard InChI is InChI=1S/C23H26FIN4O2/c1-23(2,3)31-22(30)27-14-7-6-8-15(11-14)29-19-12-20(25)26-13-18(19)28-21(29)16-9-4-5-10-17(16)24/h4-5,9-10,12-15H,6-8,11H2,1-3H3,(H,27,30)/t14-,15+/m0/s1. The number of alkyl carbamates (subject to hydrolysis) is 1. The van der Waals surface area contributed by atoms with Crippen molar-refractivity contribution in [2.75, 3.05) is 0 Å². The number of amides is 1. The topological polar surface area (TPSA) is 69.0 Å². The predicted octanol–water partition coefficient (Wildman–Crippen LogP) is 5.85. The van der Waals surface area contributed by atoms with Gasteiger partial charge in [-0.15, -0.1) is 0 Å². The Hall–Kier alpha value is -2.23. The molecular weight excluding hydrogens is 510 g/mol. The van der Waals surface area contributed by atoms with Gasteiger partial charge in [-0.1, -0.05) is 12.1 Å². The van der Waals surface area contributed by atoms with Crippen LogP contribution in [0.15, 0.2) is 36.5 Å². The van der Waals surface area contributed by atoms with Gasteiger partial charge >= 0.3 is 6.09 Å². The van der Waals surface area contributed by atoms with Crippen molar-refractivity contribution in [3.63, 3.8) is 0 Å². The highest BCUT2D eigenvalue weighted by Gasteiger charge is 2.29. The maximum Gasteiger partial charge on any atom is 0.407 e. The van der Waals surface area contributed by atoms with E-state index < -0.39 is 11.7 Å². The molecule has 0 saturated heterocycles. The molecule has 1 aliphatic rings. The van der Waals surface area contributed by atoms with Gasteiger partial charge in [-0.2, -0.15) is 0 Å². The van der Waals surface area contributed by atoms with Crippen LogP contribution in [0.5, 0.6) is 0 Å². The third-order valence-corrected chi connectivity index (χ3v) is 5.98. The predicted molar refractivity (Wildman–Crippen MR) is 126 cm³/mol. The van der Waals surface area contributed by atoms with Crippen LogP contribution in [0.25, 0.3) is 22.4 Å². The van der Waals surface area contributed by atoms with Gasteiger partial charge in [-0.05, 0) is 87.2 Å². The first kappa shape index (κ1) is 22.0. The third-order valence-electron chi connectivity index (χ3n) is 5.39. The monoisotopic (exact) mass is 536 g/mol. The second kappa shape index (κ2) is 8.72. The van der Waals surface area contributed by atoms with Crippen molar-refractivity contribution in [2.45, 2.75) is 64.1 Å². The first-order chi connectivity index (χ1) is 14.7. The first-order valence-electron chi connectivity index (χ1n) is 10.5. The molecule has 0 radical (unpaired) electrons. The van der Waals surface area contributed by atoms with Gasteiger partial charge in [-0.25, -0.2) is 19.2 Å². The molecule has 3 aromatic rings. The molecule has 2 atom stereocenters. The number of benzene rings is 1. The van der Waals surface area contributed by atoms with Crippen LogP contribution in [0.2, 0.25) is 0 Å². The molecule has 6 nitrogen and oxygen atoms in total. The molecule has 1 saturated carbocycles. The number of fused-ring (bicyclic) bond motifs is 1. The van der Waals surface area contributed by atoms with Crippen LogP contribution < -0.4 is 5.32 Å². The Bertz CT molecular complexity index is 1110. The summed E-state index contributed by atoms with van der Waals surface area (Å²) >= 11 is 2.18. The van der Waals surface area contributed by atoms with Gasteiger partial charge in [0.1, 0.15) is 26.5 Å². The number of pyridine rings is 1. The van der Waals surface area contributed by atoms with E-state index in [1.807, 2.05) is 32.9 Å². The molecule has 8 heteroatoms. The van der Waals surface area contributed by atoms with E-state index in [1.165, 1.54) is 6.07 Å². The summed E-state index contributed by atoms with van der Waals surface area (Å²) < 4.78 is 23.1. The van der Waals surface area contributed by atoms with Gasteiger partial charge in [0.2, 0.25) is 0 Å². The van der Waals surface area contributed by atoms with Crippen molar-refractivity contribution < 1.29 is 13.9 Å². The second-order valence-corrected chi connectivity index (χ2v) is 10.0. The number of nitrogens with one attached hydrogen (secondary N) is 1. The Morgan fingerprint density at radius 2 is 2.06 bits per heavy atom. The molecule has 31 heavy (non-hydrogen) atoms.